The Kier molecular flexibility index (Phi) is 2.12. The van der Waals surface area contributed by atoms with Gasteiger partial charge in [0.05, 0.1) is 11.1 Å². The molecule has 2 heterocycles. The normalized spacial score (nSPS) is 20.8. The van der Waals surface area contributed by atoms with Gasteiger partial charge in [0.25, 0.3) is 5.56 Å². The van der Waals surface area contributed by atoms with Crippen LogP contribution in [-0.2, 0) is 7.05 Å². The monoisotopic (exact) mass is 243 g/mol. The first-order valence-corrected chi connectivity index (χ1v) is 6.24. The molecule has 0 aliphatic carbocycles. The molecule has 1 aromatic heterocycles. The lowest BCUT2D eigenvalue weighted by Crippen LogP contribution is -2.30. The van der Waals surface area contributed by atoms with E-state index in [9.17, 15) is 4.79 Å². The summed E-state index contributed by atoms with van der Waals surface area (Å²) in [6.07, 6.45) is 0. The highest BCUT2D eigenvalue weighted by Crippen LogP contribution is 2.45. The van der Waals surface area contributed by atoms with Crippen LogP contribution in [0.3, 0.4) is 0 Å². The van der Waals surface area contributed by atoms with Crippen molar-refractivity contribution >= 4 is 10.9 Å². The second-order valence-electron chi connectivity index (χ2n) is 5.55. The van der Waals surface area contributed by atoms with Crippen LogP contribution >= 0.6 is 0 Å². The van der Waals surface area contributed by atoms with Gasteiger partial charge in [0.15, 0.2) is 0 Å². The topological polar surface area (TPSA) is 31.2 Å². The van der Waals surface area contributed by atoms with Gasteiger partial charge < -0.3 is 9.30 Å². The van der Waals surface area contributed by atoms with Crippen molar-refractivity contribution in [3.63, 3.8) is 0 Å². The third kappa shape index (κ3) is 1.27. The molecule has 0 bridgehead atoms. The fourth-order valence-electron chi connectivity index (χ4n) is 2.68. The zero-order valence-corrected chi connectivity index (χ0v) is 11.2. The first kappa shape index (κ1) is 11.3. The molecular formula is C15H17NO2. The minimum absolute atomic E-state index is 0.0572. The summed E-state index contributed by atoms with van der Waals surface area (Å²) < 4.78 is 7.76. The molecule has 1 aliphatic heterocycles. The maximum atomic E-state index is 12.5. The van der Waals surface area contributed by atoms with Crippen LogP contribution in [0.15, 0.2) is 29.1 Å². The van der Waals surface area contributed by atoms with E-state index in [1.807, 2.05) is 45.2 Å². The molecular weight excluding hydrogens is 226 g/mol. The van der Waals surface area contributed by atoms with E-state index in [0.29, 0.717) is 0 Å². The van der Waals surface area contributed by atoms with Gasteiger partial charge in [-0.1, -0.05) is 19.1 Å². The molecule has 1 aliphatic rings. The van der Waals surface area contributed by atoms with Gasteiger partial charge >= 0.3 is 0 Å². The standard InChI is InChI=1S/C15H17NO2/c1-9-12-13(18-15(9,2)3)10-7-5-6-8-11(10)16(4)14(12)17/h5-9H,1-4H3. The van der Waals surface area contributed by atoms with E-state index in [-0.39, 0.29) is 17.1 Å². The number of rotatable bonds is 0. The van der Waals surface area contributed by atoms with Crippen LogP contribution in [-0.4, -0.2) is 10.2 Å². The van der Waals surface area contributed by atoms with Gasteiger partial charge in [-0.25, -0.2) is 0 Å². The number of fused-ring (bicyclic) bond motifs is 3. The van der Waals surface area contributed by atoms with E-state index >= 15 is 0 Å². The predicted octanol–water partition coefficient (Wildman–Crippen LogP) is 2.81. The van der Waals surface area contributed by atoms with Gasteiger partial charge in [0.2, 0.25) is 0 Å². The van der Waals surface area contributed by atoms with Crippen molar-refractivity contribution in [3.05, 3.63) is 40.2 Å². The number of aromatic nitrogens is 1. The average Bonchev–Trinajstić information content (AvgIpc) is 2.58. The van der Waals surface area contributed by atoms with E-state index in [2.05, 4.69) is 6.92 Å². The maximum Gasteiger partial charge on any atom is 0.258 e. The third-order valence-corrected chi connectivity index (χ3v) is 4.13. The Bertz CT molecular complexity index is 697. The summed E-state index contributed by atoms with van der Waals surface area (Å²) in [5.74, 6) is 0.877. The fourth-order valence-corrected chi connectivity index (χ4v) is 2.68. The van der Waals surface area contributed by atoms with Gasteiger partial charge in [-0.05, 0) is 26.0 Å². The molecule has 0 N–H and O–H groups in total. The molecule has 0 saturated carbocycles. The van der Waals surface area contributed by atoms with Crippen LogP contribution in [0.4, 0.5) is 0 Å². The summed E-state index contributed by atoms with van der Waals surface area (Å²) in [6.45, 7) is 6.12. The molecule has 0 saturated heterocycles. The SMILES string of the molecule is CC1c2c(c3ccccc3n(C)c2=O)OC1(C)C. The quantitative estimate of drug-likeness (QED) is 0.712. The molecule has 94 valence electrons. The molecule has 3 rings (SSSR count). The summed E-state index contributed by atoms with van der Waals surface area (Å²) in [5, 5.41) is 1.02. The summed E-state index contributed by atoms with van der Waals surface area (Å²) in [7, 11) is 1.82. The van der Waals surface area contributed by atoms with Crippen molar-refractivity contribution in [2.75, 3.05) is 0 Å². The maximum absolute atomic E-state index is 12.5. The second kappa shape index (κ2) is 3.37. The zero-order chi connectivity index (χ0) is 13.1. The molecule has 0 radical (unpaired) electrons. The van der Waals surface area contributed by atoms with E-state index in [0.717, 1.165) is 22.2 Å². The largest absolute Gasteiger partial charge is 0.486 e. The molecule has 18 heavy (non-hydrogen) atoms. The van der Waals surface area contributed by atoms with Crippen LogP contribution in [0.2, 0.25) is 0 Å². The second-order valence-corrected chi connectivity index (χ2v) is 5.55. The van der Waals surface area contributed by atoms with Crippen LogP contribution in [0.5, 0.6) is 5.75 Å². The van der Waals surface area contributed by atoms with Gasteiger partial charge in [0, 0.05) is 18.4 Å². The Morgan fingerprint density at radius 1 is 1.28 bits per heavy atom. The fraction of sp³-hybridized carbons (Fsp3) is 0.400. The highest BCUT2D eigenvalue weighted by molar-refractivity contribution is 5.87. The molecule has 2 aromatic rings. The molecule has 3 nitrogen and oxygen atoms in total. The molecule has 1 aromatic carbocycles. The summed E-state index contributed by atoms with van der Waals surface area (Å²) in [4.78, 5) is 12.5. The minimum atomic E-state index is -0.321. The molecule has 3 heteroatoms. The minimum Gasteiger partial charge on any atom is -0.486 e. The predicted molar refractivity (Wildman–Crippen MR) is 72.3 cm³/mol. The Hall–Kier alpha value is -1.77. The molecule has 0 amide bonds. The van der Waals surface area contributed by atoms with Crippen molar-refractivity contribution < 1.29 is 4.74 Å². The molecule has 0 spiro atoms. The first-order chi connectivity index (χ1) is 8.43. The Balaban J connectivity index is 2.49. The average molecular weight is 243 g/mol. The van der Waals surface area contributed by atoms with Crippen molar-refractivity contribution in [2.45, 2.75) is 32.3 Å². The number of para-hydroxylation sites is 1. The van der Waals surface area contributed by atoms with E-state index in [4.69, 9.17) is 4.74 Å². The van der Waals surface area contributed by atoms with E-state index in [1.54, 1.807) is 4.57 Å². The number of ether oxygens (including phenoxy) is 1. The zero-order valence-electron chi connectivity index (χ0n) is 11.2. The van der Waals surface area contributed by atoms with E-state index in [1.165, 1.54) is 0 Å². The van der Waals surface area contributed by atoms with Crippen LogP contribution in [0, 0.1) is 0 Å². The van der Waals surface area contributed by atoms with Gasteiger partial charge in [0.1, 0.15) is 11.4 Å². The number of benzene rings is 1. The Morgan fingerprint density at radius 3 is 2.67 bits per heavy atom. The van der Waals surface area contributed by atoms with Crippen LogP contribution in [0.25, 0.3) is 10.9 Å². The lowest BCUT2D eigenvalue weighted by molar-refractivity contribution is 0.117. The lowest BCUT2D eigenvalue weighted by Gasteiger charge is -2.22. The highest BCUT2D eigenvalue weighted by Gasteiger charge is 2.41. The first-order valence-electron chi connectivity index (χ1n) is 6.24. The number of nitrogens with zero attached hydrogens (tertiary/aromatic N) is 1. The lowest BCUT2D eigenvalue weighted by atomic mass is 9.89. The smallest absolute Gasteiger partial charge is 0.258 e. The van der Waals surface area contributed by atoms with Crippen molar-refractivity contribution in [1.29, 1.82) is 0 Å². The number of hydrogen-bond acceptors (Lipinski definition) is 2. The van der Waals surface area contributed by atoms with Gasteiger partial charge in [-0.15, -0.1) is 0 Å². The summed E-state index contributed by atoms with van der Waals surface area (Å²) >= 11 is 0. The number of aryl methyl sites for hydroxylation is 1. The van der Waals surface area contributed by atoms with Gasteiger partial charge in [-0.2, -0.15) is 0 Å². The van der Waals surface area contributed by atoms with Crippen molar-refractivity contribution in [1.82, 2.24) is 4.57 Å². The molecule has 0 fully saturated rings. The van der Waals surface area contributed by atoms with Crippen LogP contribution in [0.1, 0.15) is 32.3 Å². The summed E-state index contributed by atoms with van der Waals surface area (Å²) in [6, 6.07) is 7.89. The van der Waals surface area contributed by atoms with E-state index < -0.39 is 0 Å². The number of hydrogen-bond donors (Lipinski definition) is 0. The molecule has 1 atom stereocenters. The Morgan fingerprint density at radius 2 is 1.94 bits per heavy atom. The van der Waals surface area contributed by atoms with Crippen molar-refractivity contribution in [2.24, 2.45) is 7.05 Å². The van der Waals surface area contributed by atoms with Crippen LogP contribution < -0.4 is 10.3 Å². The highest BCUT2D eigenvalue weighted by atomic mass is 16.5. The third-order valence-electron chi connectivity index (χ3n) is 4.13. The number of pyridine rings is 1. The van der Waals surface area contributed by atoms with Gasteiger partial charge in [-0.3, -0.25) is 4.79 Å². The van der Waals surface area contributed by atoms with Crippen molar-refractivity contribution in [3.8, 4) is 5.75 Å². The Labute approximate surface area is 106 Å². The molecule has 1 unspecified atom stereocenters. The summed E-state index contributed by atoms with van der Waals surface area (Å²) in [5.41, 5.74) is 1.47.